The number of aliphatic carboxylic acids is 1. The van der Waals surface area contributed by atoms with Crippen molar-refractivity contribution < 1.29 is 19.2 Å². The van der Waals surface area contributed by atoms with Gasteiger partial charge in [0.1, 0.15) is 5.82 Å². The first-order valence-corrected chi connectivity index (χ1v) is 7.25. The Morgan fingerprint density at radius 3 is 2.36 bits per heavy atom. The second-order valence-electron chi connectivity index (χ2n) is 5.28. The number of non-ortho nitro benzene ring substituents is 1. The molecule has 0 aliphatic heterocycles. The van der Waals surface area contributed by atoms with Crippen LogP contribution in [0.1, 0.15) is 5.69 Å². The lowest BCUT2D eigenvalue weighted by Gasteiger charge is -2.00. The summed E-state index contributed by atoms with van der Waals surface area (Å²) in [6, 6.07) is 11.4. The number of hydrogen-bond donors (Lipinski definition) is 1. The number of nitrogens with zero attached hydrogens (tertiary/aromatic N) is 3. The second-order valence-corrected chi connectivity index (χ2v) is 5.28. The Labute approximate surface area is 141 Å². The highest BCUT2D eigenvalue weighted by atomic mass is 19.1. The van der Waals surface area contributed by atoms with Crippen LogP contribution in [0.25, 0.3) is 16.8 Å². The summed E-state index contributed by atoms with van der Waals surface area (Å²) >= 11 is 0. The van der Waals surface area contributed by atoms with Crippen LogP contribution in [0, 0.1) is 15.9 Å². The average Bonchev–Trinajstić information content (AvgIpc) is 2.98. The van der Waals surface area contributed by atoms with E-state index >= 15 is 0 Å². The maximum Gasteiger partial charge on any atom is 0.309 e. The van der Waals surface area contributed by atoms with Crippen LogP contribution in [0.4, 0.5) is 10.1 Å². The van der Waals surface area contributed by atoms with Crippen molar-refractivity contribution in [3.63, 3.8) is 0 Å². The molecule has 0 atom stereocenters. The van der Waals surface area contributed by atoms with E-state index in [0.717, 1.165) is 0 Å². The molecule has 0 saturated heterocycles. The molecule has 3 aromatic rings. The number of aromatic nitrogens is 2. The van der Waals surface area contributed by atoms with Gasteiger partial charge in [-0.15, -0.1) is 0 Å². The van der Waals surface area contributed by atoms with Crippen molar-refractivity contribution in [2.75, 3.05) is 0 Å². The van der Waals surface area contributed by atoms with Gasteiger partial charge >= 0.3 is 5.97 Å². The molecule has 0 saturated carbocycles. The fourth-order valence-electron chi connectivity index (χ4n) is 2.41. The minimum Gasteiger partial charge on any atom is -0.481 e. The summed E-state index contributed by atoms with van der Waals surface area (Å²) in [5, 5.41) is 24.1. The first kappa shape index (κ1) is 16.3. The van der Waals surface area contributed by atoms with Gasteiger partial charge in [-0.1, -0.05) is 0 Å². The SMILES string of the molecule is O=C(O)Cc1nn(-c2ccc(F)cc2)cc1-c1ccc([N+](=O)[O-])cc1. The molecular formula is C17H12FN3O4. The Morgan fingerprint density at radius 2 is 1.80 bits per heavy atom. The number of halogens is 1. The number of nitro groups is 1. The van der Waals surface area contributed by atoms with Crippen LogP contribution >= 0.6 is 0 Å². The summed E-state index contributed by atoms with van der Waals surface area (Å²) < 4.78 is 14.5. The number of rotatable bonds is 5. The van der Waals surface area contributed by atoms with Crippen molar-refractivity contribution in [1.29, 1.82) is 0 Å². The lowest BCUT2D eigenvalue weighted by Crippen LogP contribution is -2.03. The highest BCUT2D eigenvalue weighted by molar-refractivity contribution is 5.75. The maximum atomic E-state index is 13.1. The molecular weight excluding hydrogens is 329 g/mol. The molecule has 25 heavy (non-hydrogen) atoms. The standard InChI is InChI=1S/C17H12FN3O4/c18-12-3-7-13(8-4-12)20-10-15(16(19-20)9-17(22)23)11-1-5-14(6-2-11)21(24)25/h1-8,10H,9H2,(H,22,23). The zero-order valence-corrected chi connectivity index (χ0v) is 12.8. The summed E-state index contributed by atoms with van der Waals surface area (Å²) in [6.45, 7) is 0. The first-order valence-electron chi connectivity index (χ1n) is 7.25. The molecule has 1 aromatic heterocycles. The van der Waals surface area contributed by atoms with Crippen LogP contribution in [0.5, 0.6) is 0 Å². The van der Waals surface area contributed by atoms with Crippen LogP contribution in [0.2, 0.25) is 0 Å². The quantitative estimate of drug-likeness (QED) is 0.567. The summed E-state index contributed by atoms with van der Waals surface area (Å²) in [5.41, 5.74) is 1.97. The molecule has 2 aromatic carbocycles. The highest BCUT2D eigenvalue weighted by Crippen LogP contribution is 2.27. The number of carboxylic acid groups (broad SMARTS) is 1. The number of carboxylic acids is 1. The van der Waals surface area contributed by atoms with E-state index < -0.39 is 16.7 Å². The molecule has 3 rings (SSSR count). The van der Waals surface area contributed by atoms with Gasteiger partial charge in [-0.25, -0.2) is 9.07 Å². The predicted octanol–water partition coefficient (Wildman–Crippen LogP) is 3.21. The largest absolute Gasteiger partial charge is 0.481 e. The Balaban J connectivity index is 2.05. The molecule has 126 valence electrons. The van der Waals surface area contributed by atoms with Crippen molar-refractivity contribution in [2.24, 2.45) is 0 Å². The predicted molar refractivity (Wildman–Crippen MR) is 87.0 cm³/mol. The molecule has 0 aliphatic carbocycles. The maximum absolute atomic E-state index is 13.1. The van der Waals surface area contributed by atoms with Crippen LogP contribution in [0.3, 0.4) is 0 Å². The Kier molecular flexibility index (Phi) is 4.25. The molecule has 0 radical (unpaired) electrons. The Morgan fingerprint density at radius 1 is 1.16 bits per heavy atom. The molecule has 1 N–H and O–H groups in total. The molecule has 1 heterocycles. The van der Waals surface area contributed by atoms with Gasteiger partial charge < -0.3 is 5.11 Å². The third-order valence-electron chi connectivity index (χ3n) is 3.59. The second kappa shape index (κ2) is 6.52. The minimum atomic E-state index is -1.05. The Hall–Kier alpha value is -3.55. The number of carbonyl (C=O) groups is 1. The summed E-state index contributed by atoms with van der Waals surface area (Å²) in [5.74, 6) is -1.44. The van der Waals surface area contributed by atoms with Gasteiger partial charge in [0.25, 0.3) is 5.69 Å². The van der Waals surface area contributed by atoms with E-state index in [2.05, 4.69) is 5.10 Å². The van der Waals surface area contributed by atoms with Crippen LogP contribution in [-0.2, 0) is 11.2 Å². The first-order chi connectivity index (χ1) is 11.9. The molecule has 8 heteroatoms. The third-order valence-corrected chi connectivity index (χ3v) is 3.59. The van der Waals surface area contributed by atoms with Crippen molar-refractivity contribution in [3.8, 4) is 16.8 Å². The van der Waals surface area contributed by atoms with Gasteiger partial charge in [0.05, 0.1) is 22.7 Å². The average molecular weight is 341 g/mol. The zero-order valence-electron chi connectivity index (χ0n) is 12.8. The van der Waals surface area contributed by atoms with Crippen LogP contribution < -0.4 is 0 Å². The Bertz CT molecular complexity index is 934. The highest BCUT2D eigenvalue weighted by Gasteiger charge is 2.16. The van der Waals surface area contributed by atoms with Crippen LogP contribution in [-0.4, -0.2) is 25.8 Å². The summed E-state index contributed by atoms with van der Waals surface area (Å²) in [7, 11) is 0. The number of nitro benzene ring substituents is 1. The third kappa shape index (κ3) is 3.52. The molecule has 0 fully saturated rings. The van der Waals surface area contributed by atoms with Gasteiger partial charge in [-0.3, -0.25) is 14.9 Å². The van der Waals surface area contributed by atoms with Gasteiger partial charge in [-0.05, 0) is 42.0 Å². The van der Waals surface area contributed by atoms with Crippen LogP contribution in [0.15, 0.2) is 54.7 Å². The topological polar surface area (TPSA) is 98.3 Å². The molecule has 7 nitrogen and oxygen atoms in total. The van der Waals surface area contributed by atoms with E-state index in [1.54, 1.807) is 6.20 Å². The van der Waals surface area contributed by atoms with Crippen molar-refractivity contribution in [2.45, 2.75) is 6.42 Å². The van der Waals surface area contributed by atoms with Gasteiger partial charge in [0, 0.05) is 23.9 Å². The molecule has 0 amide bonds. The number of hydrogen-bond acceptors (Lipinski definition) is 4. The van der Waals surface area contributed by atoms with Crippen molar-refractivity contribution in [1.82, 2.24) is 9.78 Å². The van der Waals surface area contributed by atoms with E-state index in [-0.39, 0.29) is 12.1 Å². The fourth-order valence-corrected chi connectivity index (χ4v) is 2.41. The lowest BCUT2D eigenvalue weighted by molar-refractivity contribution is -0.384. The lowest BCUT2D eigenvalue weighted by atomic mass is 10.0. The van der Waals surface area contributed by atoms with Gasteiger partial charge in [0.15, 0.2) is 0 Å². The zero-order chi connectivity index (χ0) is 18.0. The van der Waals surface area contributed by atoms with E-state index in [9.17, 15) is 19.3 Å². The van der Waals surface area contributed by atoms with E-state index in [0.29, 0.717) is 22.5 Å². The normalized spacial score (nSPS) is 10.6. The monoisotopic (exact) mass is 341 g/mol. The molecule has 0 aliphatic rings. The smallest absolute Gasteiger partial charge is 0.309 e. The summed E-state index contributed by atoms with van der Waals surface area (Å²) in [6.07, 6.45) is 1.31. The minimum absolute atomic E-state index is 0.0607. The van der Waals surface area contributed by atoms with E-state index in [1.807, 2.05) is 0 Å². The number of benzene rings is 2. The van der Waals surface area contributed by atoms with E-state index in [4.69, 9.17) is 5.11 Å². The van der Waals surface area contributed by atoms with Gasteiger partial charge in [-0.2, -0.15) is 5.10 Å². The molecule has 0 spiro atoms. The van der Waals surface area contributed by atoms with Crippen molar-refractivity contribution in [3.05, 3.63) is 76.4 Å². The van der Waals surface area contributed by atoms with Gasteiger partial charge in [0.2, 0.25) is 0 Å². The van der Waals surface area contributed by atoms with Crippen molar-refractivity contribution >= 4 is 11.7 Å². The van der Waals surface area contributed by atoms with E-state index in [1.165, 1.54) is 53.2 Å². The summed E-state index contributed by atoms with van der Waals surface area (Å²) in [4.78, 5) is 21.3. The molecule has 0 bridgehead atoms. The molecule has 0 unspecified atom stereocenters. The fraction of sp³-hybridized carbons (Fsp3) is 0.0588.